The molecule has 1 aromatic rings. The van der Waals surface area contributed by atoms with Gasteiger partial charge in [0.15, 0.2) is 11.6 Å². The van der Waals surface area contributed by atoms with Crippen LogP contribution in [-0.2, 0) is 4.84 Å². The van der Waals surface area contributed by atoms with E-state index in [4.69, 9.17) is 9.57 Å². The lowest BCUT2D eigenvalue weighted by atomic mass is 10.4. The van der Waals surface area contributed by atoms with E-state index in [2.05, 4.69) is 26.4 Å². The molecular weight excluding hydrogens is 224 g/mol. The van der Waals surface area contributed by atoms with Gasteiger partial charge in [-0.05, 0) is 22.0 Å². The van der Waals surface area contributed by atoms with E-state index >= 15 is 0 Å². The van der Waals surface area contributed by atoms with Crippen molar-refractivity contribution in [2.75, 3.05) is 19.7 Å². The monoisotopic (exact) mass is 232 g/mol. The molecule has 66 valence electrons. The molecule has 0 unspecified atom stereocenters. The summed E-state index contributed by atoms with van der Waals surface area (Å²) < 4.78 is 5.91. The van der Waals surface area contributed by atoms with Gasteiger partial charge in [-0.15, -0.1) is 0 Å². The largest absolute Gasteiger partial charge is 0.493 e. The summed E-state index contributed by atoms with van der Waals surface area (Å²) in [6.07, 6.45) is 1.66. The molecule has 1 rings (SSSR count). The van der Waals surface area contributed by atoms with Crippen LogP contribution in [0.4, 0.5) is 5.82 Å². The molecule has 1 aromatic heterocycles. The zero-order valence-corrected chi connectivity index (χ0v) is 8.38. The summed E-state index contributed by atoms with van der Waals surface area (Å²) >= 11 is 3.28. The third kappa shape index (κ3) is 2.09. The Balaban J connectivity index is 2.94. The first kappa shape index (κ1) is 9.28. The summed E-state index contributed by atoms with van der Waals surface area (Å²) in [5.74, 6) is 1.19. The number of aromatic nitrogens is 1. The number of anilines is 1. The van der Waals surface area contributed by atoms with Gasteiger partial charge >= 0.3 is 0 Å². The van der Waals surface area contributed by atoms with E-state index in [-0.39, 0.29) is 0 Å². The van der Waals surface area contributed by atoms with Crippen molar-refractivity contribution < 1.29 is 9.57 Å². The Hall–Kier alpha value is -0.810. The van der Waals surface area contributed by atoms with Crippen molar-refractivity contribution in [3.05, 3.63) is 16.7 Å². The minimum absolute atomic E-state index is 0.559. The summed E-state index contributed by atoms with van der Waals surface area (Å²) in [6, 6.07) is 1.80. The lowest BCUT2D eigenvalue weighted by Crippen LogP contribution is -2.00. The van der Waals surface area contributed by atoms with Crippen LogP contribution in [0.15, 0.2) is 16.7 Å². The van der Waals surface area contributed by atoms with Crippen molar-refractivity contribution in [3.8, 4) is 5.75 Å². The molecule has 1 heterocycles. The summed E-state index contributed by atoms with van der Waals surface area (Å²) in [7, 11) is 3.09. The quantitative estimate of drug-likeness (QED) is 0.808. The van der Waals surface area contributed by atoms with Crippen LogP contribution in [0.25, 0.3) is 0 Å². The smallest absolute Gasteiger partial charge is 0.192 e. The zero-order chi connectivity index (χ0) is 8.97. The van der Waals surface area contributed by atoms with E-state index in [1.807, 2.05) is 0 Å². The second-order valence-corrected chi connectivity index (χ2v) is 2.93. The zero-order valence-electron chi connectivity index (χ0n) is 6.80. The predicted molar refractivity (Wildman–Crippen MR) is 49.1 cm³/mol. The van der Waals surface area contributed by atoms with Crippen LogP contribution < -0.4 is 10.2 Å². The summed E-state index contributed by atoms with van der Waals surface area (Å²) in [4.78, 5) is 8.73. The average molecular weight is 233 g/mol. The van der Waals surface area contributed by atoms with Gasteiger partial charge in [-0.25, -0.2) is 10.5 Å². The highest BCUT2D eigenvalue weighted by atomic mass is 79.9. The molecule has 12 heavy (non-hydrogen) atoms. The highest BCUT2D eigenvalue weighted by molar-refractivity contribution is 9.10. The Kier molecular flexibility index (Phi) is 3.31. The van der Waals surface area contributed by atoms with Gasteiger partial charge in [-0.2, -0.15) is 0 Å². The van der Waals surface area contributed by atoms with E-state index in [0.29, 0.717) is 11.6 Å². The molecule has 0 aliphatic carbocycles. The van der Waals surface area contributed by atoms with Gasteiger partial charge in [0.2, 0.25) is 0 Å². The van der Waals surface area contributed by atoms with Gasteiger partial charge in [0.25, 0.3) is 0 Å². The fraction of sp³-hybridized carbons (Fsp3) is 0.286. The van der Waals surface area contributed by atoms with Gasteiger partial charge in [-0.3, -0.25) is 4.84 Å². The van der Waals surface area contributed by atoms with Crippen molar-refractivity contribution in [3.63, 3.8) is 0 Å². The Morgan fingerprint density at radius 2 is 2.25 bits per heavy atom. The van der Waals surface area contributed by atoms with Crippen LogP contribution >= 0.6 is 15.9 Å². The highest BCUT2D eigenvalue weighted by Crippen LogP contribution is 2.24. The van der Waals surface area contributed by atoms with Crippen molar-refractivity contribution in [2.24, 2.45) is 0 Å². The van der Waals surface area contributed by atoms with Gasteiger partial charge in [0.1, 0.15) is 0 Å². The lowest BCUT2D eigenvalue weighted by molar-refractivity contribution is 0.266. The third-order valence-electron chi connectivity index (χ3n) is 1.24. The molecule has 0 amide bonds. The van der Waals surface area contributed by atoms with E-state index in [0.717, 1.165) is 4.47 Å². The van der Waals surface area contributed by atoms with Crippen molar-refractivity contribution in [2.45, 2.75) is 0 Å². The maximum absolute atomic E-state index is 5.04. The SMILES string of the molecule is CONc1ncc(Br)cc1OC. The van der Waals surface area contributed by atoms with Crippen molar-refractivity contribution >= 4 is 21.7 Å². The fourth-order valence-electron chi connectivity index (χ4n) is 0.750. The van der Waals surface area contributed by atoms with Crippen LogP contribution in [0.3, 0.4) is 0 Å². The second-order valence-electron chi connectivity index (χ2n) is 2.01. The highest BCUT2D eigenvalue weighted by Gasteiger charge is 2.03. The number of hydrogen-bond donors (Lipinski definition) is 1. The predicted octanol–water partition coefficient (Wildman–Crippen LogP) is 1.83. The minimum atomic E-state index is 0.559. The number of halogens is 1. The van der Waals surface area contributed by atoms with Gasteiger partial charge in [0.05, 0.1) is 14.2 Å². The van der Waals surface area contributed by atoms with Gasteiger partial charge < -0.3 is 4.74 Å². The Labute approximate surface area is 79.0 Å². The van der Waals surface area contributed by atoms with Crippen molar-refractivity contribution in [1.82, 2.24) is 4.98 Å². The van der Waals surface area contributed by atoms with Gasteiger partial charge in [0, 0.05) is 10.7 Å². The number of methoxy groups -OCH3 is 1. The molecule has 0 spiro atoms. The van der Waals surface area contributed by atoms with Crippen molar-refractivity contribution in [1.29, 1.82) is 0 Å². The first-order valence-electron chi connectivity index (χ1n) is 3.26. The molecule has 0 aliphatic rings. The average Bonchev–Trinajstić information content (AvgIpc) is 2.08. The topological polar surface area (TPSA) is 43.4 Å². The first-order chi connectivity index (χ1) is 5.77. The van der Waals surface area contributed by atoms with E-state index in [1.165, 1.54) is 7.11 Å². The molecule has 0 radical (unpaired) electrons. The molecule has 0 bridgehead atoms. The molecule has 4 nitrogen and oxygen atoms in total. The molecule has 0 saturated heterocycles. The number of ether oxygens (including phenoxy) is 1. The van der Waals surface area contributed by atoms with E-state index in [1.54, 1.807) is 19.4 Å². The van der Waals surface area contributed by atoms with E-state index < -0.39 is 0 Å². The number of nitrogens with one attached hydrogen (secondary N) is 1. The first-order valence-corrected chi connectivity index (χ1v) is 4.05. The second kappa shape index (κ2) is 4.27. The Bertz CT molecular complexity index is 268. The Morgan fingerprint density at radius 1 is 1.50 bits per heavy atom. The van der Waals surface area contributed by atoms with Crippen LogP contribution in [0.1, 0.15) is 0 Å². The van der Waals surface area contributed by atoms with E-state index in [9.17, 15) is 0 Å². The molecule has 0 fully saturated rings. The maximum Gasteiger partial charge on any atom is 0.192 e. The van der Waals surface area contributed by atoms with Crippen LogP contribution in [0.5, 0.6) is 5.75 Å². The van der Waals surface area contributed by atoms with Gasteiger partial charge in [-0.1, -0.05) is 0 Å². The number of rotatable bonds is 3. The molecule has 5 heteroatoms. The van der Waals surface area contributed by atoms with Crippen LogP contribution in [0, 0.1) is 0 Å². The molecular formula is C7H9BrN2O2. The third-order valence-corrected chi connectivity index (χ3v) is 1.67. The molecule has 0 atom stereocenters. The molecule has 0 aliphatic heterocycles. The molecule has 0 aromatic carbocycles. The standard InChI is InChI=1S/C7H9BrN2O2/c1-11-6-3-5(8)4-9-7(6)10-12-2/h3-4H,1-2H3,(H,9,10). The number of pyridine rings is 1. The van der Waals surface area contributed by atoms with Crippen LogP contribution in [0.2, 0.25) is 0 Å². The normalized spacial score (nSPS) is 9.58. The number of nitrogens with zero attached hydrogens (tertiary/aromatic N) is 1. The molecule has 1 N–H and O–H groups in total. The Morgan fingerprint density at radius 3 is 2.83 bits per heavy atom. The van der Waals surface area contributed by atoms with Crippen LogP contribution in [-0.4, -0.2) is 19.2 Å². The maximum atomic E-state index is 5.04. The lowest BCUT2D eigenvalue weighted by Gasteiger charge is -2.07. The molecule has 0 saturated carbocycles. The number of hydrogen-bond acceptors (Lipinski definition) is 4. The summed E-state index contributed by atoms with van der Waals surface area (Å²) in [5, 5.41) is 0. The summed E-state index contributed by atoms with van der Waals surface area (Å²) in [6.45, 7) is 0. The fourth-order valence-corrected chi connectivity index (χ4v) is 1.06. The minimum Gasteiger partial charge on any atom is -0.493 e. The summed E-state index contributed by atoms with van der Waals surface area (Å²) in [5.41, 5.74) is 2.60.